The van der Waals surface area contributed by atoms with Crippen LogP contribution < -0.4 is 5.32 Å². The van der Waals surface area contributed by atoms with Crippen molar-refractivity contribution >= 4 is 18.0 Å². The Morgan fingerprint density at radius 1 is 1.19 bits per heavy atom. The lowest BCUT2D eigenvalue weighted by atomic mass is 9.92. The highest BCUT2D eigenvalue weighted by Crippen LogP contribution is 2.25. The first-order chi connectivity index (χ1) is 12.5. The van der Waals surface area contributed by atoms with E-state index in [4.69, 9.17) is 4.74 Å². The van der Waals surface area contributed by atoms with Gasteiger partial charge in [0.05, 0.1) is 0 Å². The zero-order valence-electron chi connectivity index (χ0n) is 16.5. The second kappa shape index (κ2) is 7.98. The number of hydrogen-bond acceptors (Lipinski definition) is 4. The summed E-state index contributed by atoms with van der Waals surface area (Å²) in [6.45, 7) is 9.01. The summed E-state index contributed by atoms with van der Waals surface area (Å²) in [7, 11) is 0. The number of rotatable bonds is 4. The van der Waals surface area contributed by atoms with Crippen molar-refractivity contribution in [3.05, 3.63) is 35.4 Å². The van der Waals surface area contributed by atoms with Gasteiger partial charge in [-0.1, -0.05) is 38.1 Å². The van der Waals surface area contributed by atoms with E-state index in [0.717, 1.165) is 11.1 Å². The van der Waals surface area contributed by atoms with Gasteiger partial charge in [0, 0.05) is 13.0 Å². The first-order valence-corrected chi connectivity index (χ1v) is 9.09. The van der Waals surface area contributed by atoms with Crippen LogP contribution in [0.5, 0.6) is 0 Å². The molecule has 1 heterocycles. The fraction of sp³-hybridized carbons (Fsp3) is 0.550. The Balaban J connectivity index is 2.25. The Labute approximate surface area is 159 Å². The van der Waals surface area contributed by atoms with E-state index in [9.17, 15) is 19.5 Å². The summed E-state index contributed by atoms with van der Waals surface area (Å²) < 4.78 is 5.25. The largest absolute Gasteiger partial charge is 0.480 e. The van der Waals surface area contributed by atoms with Crippen LogP contribution in [-0.4, -0.2) is 45.7 Å². The number of carboxylic acids is 1. The number of carbonyl (C=O) groups excluding carboxylic acids is 2. The maximum atomic E-state index is 13.2. The van der Waals surface area contributed by atoms with Crippen molar-refractivity contribution in [3.63, 3.8) is 0 Å². The normalized spacial score (nSPS) is 17.9. The highest BCUT2D eigenvalue weighted by atomic mass is 16.6. The van der Waals surface area contributed by atoms with E-state index in [1.54, 1.807) is 34.6 Å². The van der Waals surface area contributed by atoms with Gasteiger partial charge in [-0.15, -0.1) is 0 Å². The second-order valence-electron chi connectivity index (χ2n) is 8.16. The summed E-state index contributed by atoms with van der Waals surface area (Å²) in [5, 5.41) is 12.2. The van der Waals surface area contributed by atoms with Crippen molar-refractivity contribution < 1.29 is 24.2 Å². The van der Waals surface area contributed by atoms with Gasteiger partial charge in [-0.05, 0) is 37.8 Å². The zero-order chi connectivity index (χ0) is 20.4. The van der Waals surface area contributed by atoms with Crippen molar-refractivity contribution in [1.82, 2.24) is 10.2 Å². The van der Waals surface area contributed by atoms with Crippen LogP contribution in [0.15, 0.2) is 24.3 Å². The van der Waals surface area contributed by atoms with Crippen molar-refractivity contribution in [2.75, 3.05) is 0 Å². The number of carbonyl (C=O) groups is 3. The highest BCUT2D eigenvalue weighted by Gasteiger charge is 2.39. The number of fused-ring (bicyclic) bond motifs is 1. The van der Waals surface area contributed by atoms with Crippen LogP contribution in [0.3, 0.4) is 0 Å². The number of nitrogens with zero attached hydrogens (tertiary/aromatic N) is 1. The molecular formula is C20H28N2O5. The molecule has 7 heteroatoms. The molecule has 2 N–H and O–H groups in total. The monoisotopic (exact) mass is 376 g/mol. The summed E-state index contributed by atoms with van der Waals surface area (Å²) in [6.07, 6.45) is -0.451. The third-order valence-corrected chi connectivity index (χ3v) is 4.42. The fourth-order valence-corrected chi connectivity index (χ4v) is 3.10. The maximum absolute atomic E-state index is 13.2. The van der Waals surface area contributed by atoms with E-state index < -0.39 is 35.7 Å². The van der Waals surface area contributed by atoms with Gasteiger partial charge in [0.25, 0.3) is 0 Å². The van der Waals surface area contributed by atoms with Crippen LogP contribution in [0.2, 0.25) is 0 Å². The summed E-state index contributed by atoms with van der Waals surface area (Å²) in [5.74, 6) is -1.70. The average molecular weight is 376 g/mol. The molecule has 148 valence electrons. The average Bonchev–Trinajstić information content (AvgIpc) is 2.56. The van der Waals surface area contributed by atoms with E-state index >= 15 is 0 Å². The molecule has 0 spiro atoms. The van der Waals surface area contributed by atoms with Gasteiger partial charge >= 0.3 is 12.1 Å². The molecule has 1 aromatic rings. The summed E-state index contributed by atoms with van der Waals surface area (Å²) in [5.41, 5.74) is 1.15. The molecule has 1 aliphatic rings. The molecule has 0 aliphatic carbocycles. The van der Waals surface area contributed by atoms with Crippen LogP contribution >= 0.6 is 0 Å². The van der Waals surface area contributed by atoms with Gasteiger partial charge in [-0.25, -0.2) is 9.59 Å². The zero-order valence-corrected chi connectivity index (χ0v) is 16.5. The van der Waals surface area contributed by atoms with Crippen molar-refractivity contribution in [2.45, 2.75) is 65.3 Å². The van der Waals surface area contributed by atoms with Crippen LogP contribution in [0.4, 0.5) is 4.79 Å². The Kier molecular flexibility index (Phi) is 6.13. The van der Waals surface area contributed by atoms with Crippen LogP contribution in [0.1, 0.15) is 45.7 Å². The molecule has 0 unspecified atom stereocenters. The second-order valence-corrected chi connectivity index (χ2v) is 8.16. The Morgan fingerprint density at radius 3 is 2.30 bits per heavy atom. The highest BCUT2D eigenvalue weighted by molar-refractivity contribution is 5.90. The molecule has 2 amide bonds. The van der Waals surface area contributed by atoms with Crippen LogP contribution in [0, 0.1) is 5.92 Å². The number of aliphatic carboxylic acids is 1. The lowest BCUT2D eigenvalue weighted by Crippen LogP contribution is -2.57. The number of benzene rings is 1. The molecule has 0 radical (unpaired) electrons. The first kappa shape index (κ1) is 20.7. The van der Waals surface area contributed by atoms with Gasteiger partial charge in [-0.3, -0.25) is 4.79 Å². The van der Waals surface area contributed by atoms with E-state index in [1.165, 1.54) is 4.90 Å². The van der Waals surface area contributed by atoms with E-state index in [1.807, 2.05) is 24.3 Å². The number of ether oxygens (including phenoxy) is 1. The van der Waals surface area contributed by atoms with Gasteiger partial charge in [-0.2, -0.15) is 0 Å². The molecule has 27 heavy (non-hydrogen) atoms. The predicted molar refractivity (Wildman–Crippen MR) is 100 cm³/mol. The summed E-state index contributed by atoms with van der Waals surface area (Å²) in [6, 6.07) is 5.66. The minimum absolute atomic E-state index is 0.200. The standard InChI is InChI=1S/C20H28N2O5/c1-12(2)16(21-19(26)27-20(3,4)5)17(23)22-11-14-9-7-6-8-13(14)10-15(22)18(24)25/h6-9,12,15-16H,10-11H2,1-5H3,(H,21,26)(H,24,25)/t15-,16-/m0/s1. The molecule has 1 aromatic carbocycles. The van der Waals surface area contributed by atoms with E-state index in [2.05, 4.69) is 5.32 Å². The van der Waals surface area contributed by atoms with Crippen LogP contribution in [0.25, 0.3) is 0 Å². The van der Waals surface area contributed by atoms with Crippen LogP contribution in [-0.2, 0) is 27.3 Å². The minimum atomic E-state index is -1.06. The summed E-state index contributed by atoms with van der Waals surface area (Å²) in [4.78, 5) is 38.4. The third kappa shape index (κ3) is 5.21. The fourth-order valence-electron chi connectivity index (χ4n) is 3.10. The third-order valence-electron chi connectivity index (χ3n) is 4.42. The van der Waals surface area contributed by atoms with Gasteiger partial charge < -0.3 is 20.1 Å². The van der Waals surface area contributed by atoms with Gasteiger partial charge in [0.2, 0.25) is 5.91 Å². The Morgan fingerprint density at radius 2 is 1.78 bits per heavy atom. The van der Waals surface area contributed by atoms with Crippen molar-refractivity contribution in [1.29, 1.82) is 0 Å². The lowest BCUT2D eigenvalue weighted by molar-refractivity contribution is -0.152. The predicted octanol–water partition coefficient (Wildman–Crippen LogP) is 2.57. The Bertz CT molecular complexity index is 723. The molecular weight excluding hydrogens is 348 g/mol. The lowest BCUT2D eigenvalue weighted by Gasteiger charge is -2.37. The van der Waals surface area contributed by atoms with Gasteiger partial charge in [0.1, 0.15) is 17.7 Å². The number of nitrogens with one attached hydrogen (secondary N) is 1. The SMILES string of the molecule is CC(C)[C@H](NC(=O)OC(C)(C)C)C(=O)N1Cc2ccccc2C[C@H]1C(=O)O. The van der Waals surface area contributed by atoms with E-state index in [-0.39, 0.29) is 18.9 Å². The molecule has 0 aromatic heterocycles. The smallest absolute Gasteiger partial charge is 0.408 e. The van der Waals surface area contributed by atoms with Crippen molar-refractivity contribution in [2.24, 2.45) is 5.92 Å². The molecule has 0 fully saturated rings. The molecule has 2 atom stereocenters. The molecule has 7 nitrogen and oxygen atoms in total. The number of alkyl carbamates (subject to hydrolysis) is 1. The summed E-state index contributed by atoms with van der Waals surface area (Å²) >= 11 is 0. The van der Waals surface area contributed by atoms with E-state index in [0.29, 0.717) is 0 Å². The number of carboxylic acid groups (broad SMARTS) is 1. The van der Waals surface area contributed by atoms with Gasteiger partial charge in [0.15, 0.2) is 0 Å². The minimum Gasteiger partial charge on any atom is -0.480 e. The Hall–Kier alpha value is -2.57. The molecule has 0 bridgehead atoms. The molecule has 1 aliphatic heterocycles. The quantitative estimate of drug-likeness (QED) is 0.842. The van der Waals surface area contributed by atoms with Crippen molar-refractivity contribution in [3.8, 4) is 0 Å². The number of amides is 2. The molecule has 0 saturated carbocycles. The maximum Gasteiger partial charge on any atom is 0.408 e. The molecule has 2 rings (SSSR count). The first-order valence-electron chi connectivity index (χ1n) is 9.09. The molecule has 0 saturated heterocycles. The topological polar surface area (TPSA) is 95.9 Å². The number of hydrogen-bond donors (Lipinski definition) is 2.